The molecule has 0 aromatic heterocycles. The molecule has 0 saturated carbocycles. The van der Waals surface area contributed by atoms with Crippen molar-refractivity contribution >= 4 is 6.08 Å². The van der Waals surface area contributed by atoms with Gasteiger partial charge >= 0.3 is 0 Å². The van der Waals surface area contributed by atoms with Crippen LogP contribution in [0.3, 0.4) is 0 Å². The van der Waals surface area contributed by atoms with Gasteiger partial charge in [-0.05, 0) is 29.2 Å². The molecule has 1 radical (unpaired) electrons. The zero-order valence-corrected chi connectivity index (χ0v) is 6.30. The average Bonchev–Trinajstić information content (AvgIpc) is 2.50. The molecule has 2 rings (SSSR count). The van der Waals surface area contributed by atoms with Crippen LogP contribution in [0.15, 0.2) is 30.9 Å². The Morgan fingerprint density at radius 2 is 2.36 bits per heavy atom. The van der Waals surface area contributed by atoms with Gasteiger partial charge in [-0.1, -0.05) is 36.9 Å². The molecule has 0 unspecified atom stereocenters. The third-order valence-corrected chi connectivity index (χ3v) is 1.97. The lowest BCUT2D eigenvalue weighted by molar-refractivity contribution is 1.31. The number of fused-ring (bicyclic) bond motifs is 1. The normalized spacial score (nSPS) is 13.1. The molecule has 1 aromatic carbocycles. The molecule has 1 aromatic rings. The van der Waals surface area contributed by atoms with Gasteiger partial charge in [0.25, 0.3) is 0 Å². The van der Waals surface area contributed by atoms with Crippen LogP contribution < -0.4 is 0 Å². The lowest BCUT2D eigenvalue weighted by Gasteiger charge is -2.00. The highest BCUT2D eigenvalue weighted by Gasteiger charge is 2.06. The van der Waals surface area contributed by atoms with Crippen LogP contribution in [0.4, 0.5) is 0 Å². The largest absolute Gasteiger partial charge is 0.0984 e. The second-order valence-electron chi connectivity index (χ2n) is 2.64. The van der Waals surface area contributed by atoms with E-state index in [1.165, 1.54) is 16.7 Å². The Labute approximate surface area is 66.9 Å². The molecule has 0 saturated heterocycles. The summed E-state index contributed by atoms with van der Waals surface area (Å²) in [4.78, 5) is 0. The van der Waals surface area contributed by atoms with Crippen molar-refractivity contribution in [3.8, 4) is 0 Å². The van der Waals surface area contributed by atoms with Gasteiger partial charge in [0.05, 0.1) is 0 Å². The van der Waals surface area contributed by atoms with E-state index in [2.05, 4.69) is 36.9 Å². The van der Waals surface area contributed by atoms with Crippen LogP contribution in [0.25, 0.3) is 6.08 Å². The molecule has 0 heteroatoms. The maximum atomic E-state index is 3.75. The van der Waals surface area contributed by atoms with E-state index in [1.54, 1.807) is 0 Å². The van der Waals surface area contributed by atoms with Crippen molar-refractivity contribution in [2.45, 2.75) is 6.42 Å². The smallest absolute Gasteiger partial charge is 0.00733 e. The summed E-state index contributed by atoms with van der Waals surface area (Å²) in [6.07, 6.45) is 8.20. The fourth-order valence-corrected chi connectivity index (χ4v) is 1.40. The molecule has 0 amide bonds. The Bertz CT molecular complexity index is 319. The minimum atomic E-state index is 1.02. The molecule has 0 spiro atoms. The van der Waals surface area contributed by atoms with E-state index < -0.39 is 0 Å². The van der Waals surface area contributed by atoms with Gasteiger partial charge in [0, 0.05) is 0 Å². The molecule has 0 N–H and O–H groups in total. The van der Waals surface area contributed by atoms with E-state index in [1.807, 2.05) is 6.08 Å². The molecule has 0 fully saturated rings. The summed E-state index contributed by atoms with van der Waals surface area (Å²) < 4.78 is 0. The van der Waals surface area contributed by atoms with E-state index in [4.69, 9.17) is 0 Å². The Balaban J connectivity index is 2.66. The predicted octanol–water partition coefficient (Wildman–Crippen LogP) is 2.59. The summed E-state index contributed by atoms with van der Waals surface area (Å²) in [7, 11) is 0. The SMILES string of the molecule is C=Cc1cccc2c1[C]=CC2. The lowest BCUT2D eigenvalue weighted by atomic mass is 10.0. The van der Waals surface area contributed by atoms with Gasteiger partial charge in [-0.2, -0.15) is 0 Å². The Kier molecular flexibility index (Phi) is 1.39. The molecular weight excluding hydrogens is 132 g/mol. The molecule has 11 heavy (non-hydrogen) atoms. The number of rotatable bonds is 1. The number of hydrogen-bond acceptors (Lipinski definition) is 0. The third kappa shape index (κ3) is 0.911. The van der Waals surface area contributed by atoms with E-state index in [-0.39, 0.29) is 0 Å². The van der Waals surface area contributed by atoms with Crippen LogP contribution in [0.2, 0.25) is 0 Å². The topological polar surface area (TPSA) is 0 Å². The van der Waals surface area contributed by atoms with Gasteiger partial charge in [-0.25, -0.2) is 0 Å². The van der Waals surface area contributed by atoms with Crippen LogP contribution in [0.5, 0.6) is 0 Å². The molecular formula is C11H9. The molecule has 0 aliphatic heterocycles. The Morgan fingerprint density at radius 1 is 1.45 bits per heavy atom. The van der Waals surface area contributed by atoms with Crippen LogP contribution in [-0.2, 0) is 6.42 Å². The quantitative estimate of drug-likeness (QED) is 0.564. The van der Waals surface area contributed by atoms with Gasteiger partial charge in [-0.15, -0.1) is 0 Å². The van der Waals surface area contributed by atoms with E-state index in [0.717, 1.165) is 6.42 Å². The summed E-state index contributed by atoms with van der Waals surface area (Å²) in [6, 6.07) is 6.27. The predicted molar refractivity (Wildman–Crippen MR) is 47.2 cm³/mol. The van der Waals surface area contributed by atoms with E-state index >= 15 is 0 Å². The minimum Gasteiger partial charge on any atom is -0.0984 e. The third-order valence-electron chi connectivity index (χ3n) is 1.97. The highest BCUT2D eigenvalue weighted by Crippen LogP contribution is 2.21. The van der Waals surface area contributed by atoms with Gasteiger partial charge in [0.15, 0.2) is 0 Å². The maximum Gasteiger partial charge on any atom is -0.00733 e. The first-order valence-electron chi connectivity index (χ1n) is 3.74. The number of hydrogen-bond donors (Lipinski definition) is 0. The first-order chi connectivity index (χ1) is 5.42. The van der Waals surface area contributed by atoms with Gasteiger partial charge in [-0.3, -0.25) is 0 Å². The summed E-state index contributed by atoms with van der Waals surface area (Å²) in [6.45, 7) is 3.75. The summed E-state index contributed by atoms with van der Waals surface area (Å²) in [5.74, 6) is 0. The highest BCUT2D eigenvalue weighted by molar-refractivity contribution is 5.58. The molecule has 0 nitrogen and oxygen atoms in total. The number of allylic oxidation sites excluding steroid dienone is 1. The van der Waals surface area contributed by atoms with Crippen molar-refractivity contribution in [2.75, 3.05) is 0 Å². The Hall–Kier alpha value is -1.30. The lowest BCUT2D eigenvalue weighted by Crippen LogP contribution is -1.84. The first kappa shape index (κ1) is 6.41. The van der Waals surface area contributed by atoms with Crippen LogP contribution >= 0.6 is 0 Å². The fraction of sp³-hybridized carbons (Fsp3) is 0.0909. The van der Waals surface area contributed by atoms with Crippen molar-refractivity contribution in [3.63, 3.8) is 0 Å². The zero-order valence-electron chi connectivity index (χ0n) is 6.30. The fourth-order valence-electron chi connectivity index (χ4n) is 1.40. The standard InChI is InChI=1S/C11H9/c1-2-9-5-3-6-10-7-4-8-11(9)10/h2-6H,1,7H2. The van der Waals surface area contributed by atoms with E-state index in [9.17, 15) is 0 Å². The van der Waals surface area contributed by atoms with Crippen molar-refractivity contribution in [1.29, 1.82) is 0 Å². The second-order valence-corrected chi connectivity index (χ2v) is 2.64. The summed E-state index contributed by atoms with van der Waals surface area (Å²) in [5.41, 5.74) is 3.78. The first-order valence-corrected chi connectivity index (χ1v) is 3.74. The summed E-state index contributed by atoms with van der Waals surface area (Å²) in [5, 5.41) is 0. The van der Waals surface area contributed by atoms with Gasteiger partial charge < -0.3 is 0 Å². The molecule has 1 aliphatic carbocycles. The number of benzene rings is 1. The van der Waals surface area contributed by atoms with Crippen molar-refractivity contribution < 1.29 is 0 Å². The second kappa shape index (κ2) is 2.39. The van der Waals surface area contributed by atoms with Crippen molar-refractivity contribution in [3.05, 3.63) is 53.6 Å². The molecule has 0 heterocycles. The summed E-state index contributed by atoms with van der Waals surface area (Å²) >= 11 is 0. The average molecular weight is 141 g/mol. The highest BCUT2D eigenvalue weighted by atomic mass is 14.1. The monoisotopic (exact) mass is 141 g/mol. The minimum absolute atomic E-state index is 1.02. The molecule has 0 atom stereocenters. The molecule has 0 bridgehead atoms. The maximum absolute atomic E-state index is 3.75. The van der Waals surface area contributed by atoms with Crippen LogP contribution in [0, 0.1) is 6.08 Å². The van der Waals surface area contributed by atoms with Crippen LogP contribution in [0.1, 0.15) is 16.7 Å². The van der Waals surface area contributed by atoms with Crippen molar-refractivity contribution in [2.24, 2.45) is 0 Å². The van der Waals surface area contributed by atoms with Crippen molar-refractivity contribution in [1.82, 2.24) is 0 Å². The molecule has 1 aliphatic rings. The van der Waals surface area contributed by atoms with Gasteiger partial charge in [0.2, 0.25) is 0 Å². The van der Waals surface area contributed by atoms with Gasteiger partial charge in [0.1, 0.15) is 0 Å². The van der Waals surface area contributed by atoms with E-state index in [0.29, 0.717) is 0 Å². The zero-order chi connectivity index (χ0) is 7.68. The Morgan fingerprint density at radius 3 is 3.18 bits per heavy atom. The van der Waals surface area contributed by atoms with Crippen LogP contribution in [-0.4, -0.2) is 0 Å². The molecule has 53 valence electrons.